The molecule has 7 nitrogen and oxygen atoms in total. The second-order valence-corrected chi connectivity index (χ2v) is 5.06. The normalized spacial score (nSPS) is 10.9. The number of methoxy groups -OCH3 is 1. The van der Waals surface area contributed by atoms with Gasteiger partial charge in [0.1, 0.15) is 5.75 Å². The minimum Gasteiger partial charge on any atom is -0.495 e. The van der Waals surface area contributed by atoms with Crippen molar-refractivity contribution in [3.8, 4) is 17.0 Å². The number of rotatable bonds is 5. The van der Waals surface area contributed by atoms with Gasteiger partial charge in [-0.1, -0.05) is 30.3 Å². The highest BCUT2D eigenvalue weighted by atomic mass is 16.8. The summed E-state index contributed by atoms with van der Waals surface area (Å²) in [6, 6.07) is 15.1. The topological polar surface area (TPSA) is 86.6 Å². The molecule has 0 unspecified atom stereocenters. The predicted molar refractivity (Wildman–Crippen MR) is 89.8 cm³/mol. The van der Waals surface area contributed by atoms with Crippen molar-refractivity contribution in [2.45, 2.75) is 6.92 Å². The summed E-state index contributed by atoms with van der Waals surface area (Å²) in [6.07, 6.45) is 1.71. The summed E-state index contributed by atoms with van der Waals surface area (Å²) >= 11 is 0. The van der Waals surface area contributed by atoms with Gasteiger partial charge in [0.15, 0.2) is 0 Å². The maximum Gasteiger partial charge on any atom is 0.251 e. The quantitative estimate of drug-likeness (QED) is 0.443. The number of nitrogens with one attached hydrogen (secondary N) is 1. The molecule has 0 saturated heterocycles. The molecule has 7 heteroatoms. The minimum atomic E-state index is 0.375. The van der Waals surface area contributed by atoms with Crippen LogP contribution in [0.5, 0.6) is 5.75 Å². The number of anilines is 1. The number of hydrazone groups is 1. The number of hydrogen-bond donors (Lipinski definition) is 1. The highest BCUT2D eigenvalue weighted by Crippen LogP contribution is 2.30. The van der Waals surface area contributed by atoms with Gasteiger partial charge in [0.25, 0.3) is 5.69 Å². The van der Waals surface area contributed by atoms with E-state index in [-0.39, 0.29) is 0 Å². The Morgan fingerprint density at radius 1 is 1.25 bits per heavy atom. The van der Waals surface area contributed by atoms with Crippen LogP contribution in [0.4, 0.5) is 5.69 Å². The summed E-state index contributed by atoms with van der Waals surface area (Å²) in [5, 5.41) is 19.4. The molecule has 0 amide bonds. The van der Waals surface area contributed by atoms with Gasteiger partial charge < -0.3 is 9.94 Å². The molecule has 0 radical (unpaired) electrons. The van der Waals surface area contributed by atoms with Crippen LogP contribution in [-0.2, 0) is 0 Å². The monoisotopic (exact) mass is 324 g/mol. The fourth-order valence-electron chi connectivity index (χ4n) is 2.21. The number of hydrogen-bond acceptors (Lipinski definition) is 6. The molecule has 0 aliphatic heterocycles. The van der Waals surface area contributed by atoms with Gasteiger partial charge in [0, 0.05) is 17.6 Å². The van der Waals surface area contributed by atoms with Crippen molar-refractivity contribution < 1.29 is 14.3 Å². The van der Waals surface area contributed by atoms with Crippen molar-refractivity contribution >= 4 is 11.9 Å². The second kappa shape index (κ2) is 6.82. The Morgan fingerprint density at radius 3 is 2.71 bits per heavy atom. The molecule has 0 spiro atoms. The zero-order valence-electron chi connectivity index (χ0n) is 13.3. The number of benzene rings is 2. The van der Waals surface area contributed by atoms with Crippen molar-refractivity contribution in [2.24, 2.45) is 5.10 Å². The van der Waals surface area contributed by atoms with Gasteiger partial charge in [-0.3, -0.25) is 10.1 Å². The Kier molecular flexibility index (Phi) is 4.42. The van der Waals surface area contributed by atoms with Gasteiger partial charge in [-0.15, -0.1) is 0 Å². The van der Waals surface area contributed by atoms with E-state index >= 15 is 0 Å². The highest BCUT2D eigenvalue weighted by Gasteiger charge is 2.18. The Labute approximate surface area is 138 Å². The van der Waals surface area contributed by atoms with Gasteiger partial charge in [-0.25, -0.2) is 0 Å². The molecule has 122 valence electrons. The molecule has 1 aromatic heterocycles. The molecular formula is C17H16N4O3. The molecule has 3 rings (SSSR count). The molecule has 2 aromatic carbocycles. The first-order valence-electron chi connectivity index (χ1n) is 7.28. The van der Waals surface area contributed by atoms with Crippen molar-refractivity contribution in [1.29, 1.82) is 0 Å². The van der Waals surface area contributed by atoms with Crippen LogP contribution in [0.15, 0.2) is 58.3 Å². The first-order chi connectivity index (χ1) is 11.7. The van der Waals surface area contributed by atoms with E-state index in [4.69, 9.17) is 4.74 Å². The number of ether oxygens (including phenoxy) is 1. The summed E-state index contributed by atoms with van der Waals surface area (Å²) in [7, 11) is 1.58. The van der Waals surface area contributed by atoms with Gasteiger partial charge in [0.2, 0.25) is 5.69 Å². The maximum atomic E-state index is 11.4. The smallest absolute Gasteiger partial charge is 0.251 e. The van der Waals surface area contributed by atoms with Crippen LogP contribution < -0.4 is 15.1 Å². The van der Waals surface area contributed by atoms with Crippen LogP contribution in [0.25, 0.3) is 11.3 Å². The third-order valence-corrected chi connectivity index (χ3v) is 3.49. The molecule has 0 atom stereocenters. The summed E-state index contributed by atoms with van der Waals surface area (Å²) in [5.41, 5.74) is 6.17. The maximum absolute atomic E-state index is 11.4. The SMILES string of the molecule is COc1ccc(-c2no[n+]([O-])c2C)cc1N/N=C/c1ccccc1. The summed E-state index contributed by atoms with van der Waals surface area (Å²) in [4.78, 5) is 0.375. The van der Waals surface area contributed by atoms with Crippen molar-refractivity contribution in [2.75, 3.05) is 12.5 Å². The highest BCUT2D eigenvalue weighted by molar-refractivity contribution is 5.80. The number of aromatic nitrogens is 2. The number of nitrogens with zero attached hydrogens (tertiary/aromatic N) is 3. The lowest BCUT2D eigenvalue weighted by atomic mass is 10.1. The molecule has 0 fully saturated rings. The van der Waals surface area contributed by atoms with Crippen LogP contribution in [0, 0.1) is 12.1 Å². The summed E-state index contributed by atoms with van der Waals surface area (Å²) < 4.78 is 9.94. The van der Waals surface area contributed by atoms with E-state index in [0.29, 0.717) is 27.7 Å². The van der Waals surface area contributed by atoms with Gasteiger partial charge in [-0.05, 0) is 28.7 Å². The van der Waals surface area contributed by atoms with E-state index in [9.17, 15) is 5.21 Å². The molecule has 0 aliphatic rings. The fraction of sp³-hybridized carbons (Fsp3) is 0.118. The first kappa shape index (κ1) is 15.5. The molecule has 3 aromatic rings. The van der Waals surface area contributed by atoms with Crippen LogP contribution in [-0.4, -0.2) is 18.5 Å². The Morgan fingerprint density at radius 2 is 2.04 bits per heavy atom. The zero-order valence-corrected chi connectivity index (χ0v) is 13.3. The molecule has 1 N–H and O–H groups in total. The standard InChI is InChI=1S/C17H16N4O3/c1-12-17(20-24-21(12)22)14-8-9-16(23-2)15(10-14)19-18-11-13-6-4-3-5-7-13/h3-11,19H,1-2H3/b18-11+. The van der Waals surface area contributed by atoms with Crippen LogP contribution >= 0.6 is 0 Å². The Hall–Kier alpha value is -3.35. The first-order valence-corrected chi connectivity index (χ1v) is 7.28. The zero-order chi connectivity index (χ0) is 16.9. The van der Waals surface area contributed by atoms with E-state index in [1.54, 1.807) is 38.4 Å². The van der Waals surface area contributed by atoms with Crippen molar-refractivity contribution in [3.05, 3.63) is 65.0 Å². The van der Waals surface area contributed by atoms with Crippen molar-refractivity contribution in [3.63, 3.8) is 0 Å². The van der Waals surface area contributed by atoms with E-state index in [2.05, 4.69) is 20.3 Å². The van der Waals surface area contributed by atoms with Gasteiger partial charge >= 0.3 is 0 Å². The van der Waals surface area contributed by atoms with Gasteiger partial charge in [0.05, 0.1) is 19.0 Å². The lowest BCUT2D eigenvalue weighted by Crippen LogP contribution is -2.25. The Bertz CT molecular complexity index is 860. The second-order valence-electron chi connectivity index (χ2n) is 5.06. The molecule has 0 saturated carbocycles. The molecule has 1 heterocycles. The lowest BCUT2D eigenvalue weighted by Gasteiger charge is -2.08. The summed E-state index contributed by atoms with van der Waals surface area (Å²) in [6.45, 7) is 1.64. The molecule has 24 heavy (non-hydrogen) atoms. The van der Waals surface area contributed by atoms with Gasteiger partial charge in [-0.2, -0.15) is 5.10 Å². The van der Waals surface area contributed by atoms with E-state index < -0.39 is 0 Å². The third kappa shape index (κ3) is 3.19. The van der Waals surface area contributed by atoms with E-state index in [1.807, 2.05) is 30.3 Å². The van der Waals surface area contributed by atoms with Crippen LogP contribution in [0.2, 0.25) is 0 Å². The summed E-state index contributed by atoms with van der Waals surface area (Å²) in [5.74, 6) is 0.625. The predicted octanol–water partition coefficient (Wildman–Crippen LogP) is 2.74. The average Bonchev–Trinajstić information content (AvgIpc) is 2.95. The molecule has 0 aliphatic carbocycles. The van der Waals surface area contributed by atoms with Crippen LogP contribution in [0.3, 0.4) is 0 Å². The molecule has 0 bridgehead atoms. The van der Waals surface area contributed by atoms with E-state index in [1.165, 1.54) is 0 Å². The van der Waals surface area contributed by atoms with Crippen LogP contribution in [0.1, 0.15) is 11.3 Å². The lowest BCUT2D eigenvalue weighted by molar-refractivity contribution is -0.806. The minimum absolute atomic E-state index is 0.375. The Balaban J connectivity index is 1.87. The molecular weight excluding hydrogens is 308 g/mol. The van der Waals surface area contributed by atoms with E-state index in [0.717, 1.165) is 11.1 Å². The third-order valence-electron chi connectivity index (χ3n) is 3.49. The van der Waals surface area contributed by atoms with Crippen molar-refractivity contribution in [1.82, 2.24) is 5.16 Å². The fourth-order valence-corrected chi connectivity index (χ4v) is 2.21. The average molecular weight is 324 g/mol. The largest absolute Gasteiger partial charge is 0.495 e.